The average Bonchev–Trinajstić information content (AvgIpc) is 3.08. The Morgan fingerprint density at radius 2 is 1.91 bits per heavy atom. The largest absolute Gasteiger partial charge is 0.478 e. The van der Waals surface area contributed by atoms with E-state index in [4.69, 9.17) is 11.6 Å². The Balaban J connectivity index is 2.00. The number of hydrogen-bond donors (Lipinski definition) is 1. The van der Waals surface area contributed by atoms with Crippen molar-refractivity contribution >= 4 is 23.5 Å². The molecule has 6 heteroatoms. The zero-order chi connectivity index (χ0) is 16.4. The van der Waals surface area contributed by atoms with E-state index in [9.17, 15) is 14.7 Å². The van der Waals surface area contributed by atoms with Crippen molar-refractivity contribution in [3.63, 3.8) is 0 Å². The minimum Gasteiger partial charge on any atom is -0.478 e. The van der Waals surface area contributed by atoms with E-state index in [1.807, 2.05) is 4.90 Å². The number of aromatic nitrogens is 1. The lowest BCUT2D eigenvalue weighted by Gasteiger charge is -2.16. The number of aromatic carboxylic acids is 1. The molecule has 0 atom stereocenters. The fourth-order valence-corrected chi connectivity index (χ4v) is 2.92. The van der Waals surface area contributed by atoms with Crippen LogP contribution >= 0.6 is 11.6 Å². The van der Waals surface area contributed by atoms with Gasteiger partial charge < -0.3 is 10.0 Å². The van der Waals surface area contributed by atoms with E-state index in [1.165, 1.54) is 12.3 Å². The van der Waals surface area contributed by atoms with Crippen molar-refractivity contribution in [3.8, 4) is 11.1 Å². The van der Waals surface area contributed by atoms with Gasteiger partial charge in [0, 0.05) is 30.4 Å². The summed E-state index contributed by atoms with van der Waals surface area (Å²) in [6.45, 7) is 1.54. The third-order valence-electron chi connectivity index (χ3n) is 3.91. The number of carboxylic acid groups (broad SMARTS) is 1. The van der Waals surface area contributed by atoms with Crippen LogP contribution in [0.1, 0.15) is 33.6 Å². The quantitative estimate of drug-likeness (QED) is 0.876. The molecule has 0 aliphatic carbocycles. The highest BCUT2D eigenvalue weighted by atomic mass is 35.5. The zero-order valence-corrected chi connectivity index (χ0v) is 13.1. The van der Waals surface area contributed by atoms with Gasteiger partial charge in [0.25, 0.3) is 5.91 Å². The molecule has 0 bridgehead atoms. The number of nitrogens with zero attached hydrogens (tertiary/aromatic N) is 2. The number of carbonyl (C=O) groups excluding carboxylic acids is 1. The highest BCUT2D eigenvalue weighted by molar-refractivity contribution is 6.29. The van der Waals surface area contributed by atoms with Crippen molar-refractivity contribution in [3.05, 3.63) is 52.8 Å². The summed E-state index contributed by atoms with van der Waals surface area (Å²) in [6.07, 6.45) is 3.47. The molecule has 1 N–H and O–H groups in total. The van der Waals surface area contributed by atoms with Gasteiger partial charge in [-0.3, -0.25) is 4.79 Å². The molecule has 5 nitrogen and oxygen atoms in total. The van der Waals surface area contributed by atoms with E-state index in [1.54, 1.807) is 24.3 Å². The lowest BCUT2D eigenvalue weighted by molar-refractivity contribution is 0.0697. The number of hydrogen-bond acceptors (Lipinski definition) is 3. The van der Waals surface area contributed by atoms with E-state index >= 15 is 0 Å². The van der Waals surface area contributed by atoms with Gasteiger partial charge in [-0.1, -0.05) is 23.7 Å². The molecule has 23 heavy (non-hydrogen) atoms. The molecule has 1 aromatic carbocycles. The number of carboxylic acids is 1. The van der Waals surface area contributed by atoms with Crippen molar-refractivity contribution in [2.45, 2.75) is 12.8 Å². The van der Waals surface area contributed by atoms with Gasteiger partial charge >= 0.3 is 5.97 Å². The zero-order valence-electron chi connectivity index (χ0n) is 12.3. The average molecular weight is 331 g/mol. The summed E-state index contributed by atoms with van der Waals surface area (Å²) in [6, 6.07) is 8.27. The second-order valence-corrected chi connectivity index (χ2v) is 5.83. The minimum atomic E-state index is -1.08. The van der Waals surface area contributed by atoms with Gasteiger partial charge in [-0.2, -0.15) is 0 Å². The lowest BCUT2D eigenvalue weighted by Crippen LogP contribution is -2.27. The second-order valence-electron chi connectivity index (χ2n) is 5.44. The number of pyridine rings is 1. The monoisotopic (exact) mass is 330 g/mol. The maximum Gasteiger partial charge on any atom is 0.336 e. The normalized spacial score (nSPS) is 14.0. The molecular weight excluding hydrogens is 316 g/mol. The summed E-state index contributed by atoms with van der Waals surface area (Å²) >= 11 is 5.78. The molecule has 2 heterocycles. The topological polar surface area (TPSA) is 70.5 Å². The first kappa shape index (κ1) is 15.5. The Kier molecular flexibility index (Phi) is 4.30. The van der Waals surface area contributed by atoms with Gasteiger partial charge in [-0.15, -0.1) is 0 Å². The maximum atomic E-state index is 12.5. The number of carbonyl (C=O) groups is 2. The van der Waals surface area contributed by atoms with Crippen molar-refractivity contribution in [2.24, 2.45) is 0 Å². The predicted octanol–water partition coefficient (Wildman–Crippen LogP) is 3.34. The highest BCUT2D eigenvalue weighted by Gasteiger charge is 2.20. The first-order chi connectivity index (χ1) is 11.1. The van der Waals surface area contributed by atoms with Gasteiger partial charge in [0.15, 0.2) is 0 Å². The number of halogens is 1. The van der Waals surface area contributed by atoms with Crippen molar-refractivity contribution in [1.29, 1.82) is 0 Å². The number of likely N-dealkylation sites (tertiary alicyclic amines) is 1. The predicted molar refractivity (Wildman–Crippen MR) is 86.8 cm³/mol. The summed E-state index contributed by atoms with van der Waals surface area (Å²) in [5.41, 5.74) is 1.70. The van der Waals surface area contributed by atoms with Crippen molar-refractivity contribution in [2.75, 3.05) is 13.1 Å². The van der Waals surface area contributed by atoms with E-state index < -0.39 is 5.97 Å². The van der Waals surface area contributed by atoms with Crippen LogP contribution in [-0.4, -0.2) is 40.0 Å². The fraction of sp³-hybridized carbons (Fsp3) is 0.235. The van der Waals surface area contributed by atoms with Gasteiger partial charge in [-0.05, 0) is 36.6 Å². The van der Waals surface area contributed by atoms with Crippen LogP contribution in [-0.2, 0) is 0 Å². The second kappa shape index (κ2) is 6.38. The summed E-state index contributed by atoms with van der Waals surface area (Å²) in [7, 11) is 0. The molecule has 1 aliphatic rings. The third kappa shape index (κ3) is 3.19. The molecule has 0 unspecified atom stereocenters. The molecule has 0 spiro atoms. The standard InChI is InChI=1S/C17H15ClN2O3/c18-15-9-13(17(22)23)14(10-19-15)11-4-3-5-12(8-11)16(21)20-6-1-2-7-20/h3-5,8-10H,1-2,6-7H2,(H,22,23). The van der Waals surface area contributed by atoms with Crippen LogP contribution < -0.4 is 0 Å². The molecule has 1 fully saturated rings. The van der Waals surface area contributed by atoms with Crippen LogP contribution in [0.4, 0.5) is 0 Å². The number of rotatable bonds is 3. The molecule has 1 aromatic heterocycles. The number of amides is 1. The molecule has 1 saturated heterocycles. The molecule has 3 rings (SSSR count). The minimum absolute atomic E-state index is 0.0249. The van der Waals surface area contributed by atoms with Crippen LogP contribution in [0.25, 0.3) is 11.1 Å². The van der Waals surface area contributed by atoms with Crippen molar-refractivity contribution in [1.82, 2.24) is 9.88 Å². The fourth-order valence-electron chi connectivity index (χ4n) is 2.76. The SMILES string of the molecule is O=C(O)c1cc(Cl)ncc1-c1cccc(C(=O)N2CCCC2)c1. The smallest absolute Gasteiger partial charge is 0.336 e. The van der Waals surface area contributed by atoms with E-state index in [0.29, 0.717) is 16.7 Å². The van der Waals surface area contributed by atoms with E-state index in [2.05, 4.69) is 4.98 Å². The highest BCUT2D eigenvalue weighted by Crippen LogP contribution is 2.26. The van der Waals surface area contributed by atoms with Crippen LogP contribution in [0.5, 0.6) is 0 Å². The first-order valence-corrected chi connectivity index (χ1v) is 7.72. The molecule has 2 aromatic rings. The van der Waals surface area contributed by atoms with Crippen molar-refractivity contribution < 1.29 is 14.7 Å². The number of benzene rings is 1. The maximum absolute atomic E-state index is 12.5. The lowest BCUT2D eigenvalue weighted by atomic mass is 10.00. The van der Waals surface area contributed by atoms with E-state index in [-0.39, 0.29) is 16.6 Å². The summed E-state index contributed by atoms with van der Waals surface area (Å²) in [5.74, 6) is -1.11. The third-order valence-corrected chi connectivity index (χ3v) is 4.12. The van der Waals surface area contributed by atoms with Crippen LogP contribution in [0.15, 0.2) is 36.5 Å². The van der Waals surface area contributed by atoms with E-state index in [0.717, 1.165) is 25.9 Å². The van der Waals surface area contributed by atoms with Crippen LogP contribution in [0.3, 0.4) is 0 Å². The van der Waals surface area contributed by atoms with Gasteiger partial charge in [0.1, 0.15) is 5.15 Å². The van der Waals surface area contributed by atoms with Gasteiger partial charge in [-0.25, -0.2) is 9.78 Å². The summed E-state index contributed by atoms with van der Waals surface area (Å²) < 4.78 is 0. The Morgan fingerprint density at radius 3 is 2.61 bits per heavy atom. The van der Waals surface area contributed by atoms with Gasteiger partial charge in [0.05, 0.1) is 5.56 Å². The molecule has 0 saturated carbocycles. The summed E-state index contributed by atoms with van der Waals surface area (Å²) in [5, 5.41) is 9.46. The van der Waals surface area contributed by atoms with Gasteiger partial charge in [0.2, 0.25) is 0 Å². The Bertz CT molecular complexity index is 770. The molecule has 118 valence electrons. The Labute approximate surface area is 138 Å². The Hall–Kier alpha value is -2.40. The van der Waals surface area contributed by atoms with Crippen LogP contribution in [0.2, 0.25) is 5.15 Å². The Morgan fingerprint density at radius 1 is 1.17 bits per heavy atom. The summed E-state index contributed by atoms with van der Waals surface area (Å²) in [4.78, 5) is 29.7. The molecule has 1 amide bonds. The van der Waals surface area contributed by atoms with Crippen LogP contribution in [0, 0.1) is 0 Å². The molecule has 0 radical (unpaired) electrons. The molecule has 1 aliphatic heterocycles. The first-order valence-electron chi connectivity index (χ1n) is 7.35. The molecular formula is C17H15ClN2O3.